The highest BCUT2D eigenvalue weighted by molar-refractivity contribution is 5.80. The van der Waals surface area contributed by atoms with Crippen LogP contribution in [0.3, 0.4) is 0 Å². The van der Waals surface area contributed by atoms with E-state index in [4.69, 9.17) is 0 Å². The van der Waals surface area contributed by atoms with Gasteiger partial charge in [-0.25, -0.2) is 0 Å². The minimum absolute atomic E-state index is 0.174. The fourth-order valence-electron chi connectivity index (χ4n) is 3.31. The zero-order chi connectivity index (χ0) is 11.8. The zero-order valence-corrected chi connectivity index (χ0v) is 10.2. The monoisotopic (exact) mass is 226 g/mol. The van der Waals surface area contributed by atoms with E-state index >= 15 is 0 Å². The Morgan fingerprint density at radius 2 is 2.25 bits per heavy atom. The van der Waals surface area contributed by atoms with Crippen LogP contribution in [0.2, 0.25) is 0 Å². The summed E-state index contributed by atoms with van der Waals surface area (Å²) in [6, 6.07) is 0.610. The van der Waals surface area contributed by atoms with Crippen LogP contribution in [-0.4, -0.2) is 46.7 Å². The van der Waals surface area contributed by atoms with Gasteiger partial charge in [0.25, 0.3) is 0 Å². The van der Waals surface area contributed by atoms with Crippen LogP contribution in [0, 0.1) is 0 Å². The molecular weight excluding hydrogens is 204 g/mol. The third kappa shape index (κ3) is 1.74. The van der Waals surface area contributed by atoms with E-state index in [9.17, 15) is 9.90 Å². The highest BCUT2D eigenvalue weighted by Crippen LogP contribution is 2.34. The zero-order valence-electron chi connectivity index (χ0n) is 10.2. The predicted molar refractivity (Wildman–Crippen MR) is 62.5 cm³/mol. The maximum absolute atomic E-state index is 11.6. The highest BCUT2D eigenvalue weighted by Gasteiger charge is 2.51. The molecule has 92 valence electrons. The van der Waals surface area contributed by atoms with Gasteiger partial charge in [-0.15, -0.1) is 0 Å². The molecule has 2 N–H and O–H groups in total. The largest absolute Gasteiger partial charge is 0.480 e. The Kier molecular flexibility index (Phi) is 3.22. The summed E-state index contributed by atoms with van der Waals surface area (Å²) < 4.78 is 0. The van der Waals surface area contributed by atoms with Crippen LogP contribution in [0.5, 0.6) is 0 Å². The number of nitrogens with one attached hydrogen (secondary N) is 1. The second-order valence-corrected chi connectivity index (χ2v) is 5.30. The van der Waals surface area contributed by atoms with Crippen molar-refractivity contribution in [2.45, 2.75) is 57.2 Å². The van der Waals surface area contributed by atoms with Crippen molar-refractivity contribution < 1.29 is 9.90 Å². The molecule has 0 aliphatic carbocycles. The summed E-state index contributed by atoms with van der Waals surface area (Å²) in [4.78, 5) is 13.9. The van der Waals surface area contributed by atoms with Crippen molar-refractivity contribution in [1.82, 2.24) is 10.2 Å². The Bertz CT molecular complexity index is 272. The summed E-state index contributed by atoms with van der Waals surface area (Å²) in [6.45, 7) is 6.19. The molecule has 2 saturated heterocycles. The third-order valence-electron chi connectivity index (χ3n) is 4.10. The molecule has 0 spiro atoms. The van der Waals surface area contributed by atoms with Crippen LogP contribution >= 0.6 is 0 Å². The van der Waals surface area contributed by atoms with E-state index in [1.165, 1.54) is 0 Å². The second-order valence-electron chi connectivity index (χ2n) is 5.30. The molecule has 0 aromatic carbocycles. The lowest BCUT2D eigenvalue weighted by atomic mass is 9.86. The van der Waals surface area contributed by atoms with Crippen molar-refractivity contribution in [2.24, 2.45) is 0 Å². The quantitative estimate of drug-likeness (QED) is 0.755. The van der Waals surface area contributed by atoms with E-state index in [1.807, 2.05) is 0 Å². The van der Waals surface area contributed by atoms with Crippen molar-refractivity contribution in [1.29, 1.82) is 0 Å². The van der Waals surface area contributed by atoms with Crippen molar-refractivity contribution in [3.8, 4) is 0 Å². The molecule has 2 atom stereocenters. The molecule has 2 heterocycles. The minimum Gasteiger partial charge on any atom is -0.480 e. The molecule has 2 unspecified atom stereocenters. The van der Waals surface area contributed by atoms with E-state index in [-0.39, 0.29) is 6.04 Å². The first-order valence-corrected chi connectivity index (χ1v) is 6.32. The summed E-state index contributed by atoms with van der Waals surface area (Å²) >= 11 is 0. The van der Waals surface area contributed by atoms with Crippen LogP contribution in [-0.2, 0) is 4.79 Å². The fraction of sp³-hybridized carbons (Fsp3) is 0.917. The molecule has 2 rings (SSSR count). The molecule has 0 aromatic heterocycles. The van der Waals surface area contributed by atoms with Crippen molar-refractivity contribution in [3.63, 3.8) is 0 Å². The molecule has 0 aromatic rings. The molecule has 4 nitrogen and oxygen atoms in total. The molecule has 4 heteroatoms. The van der Waals surface area contributed by atoms with Gasteiger partial charge in [0.15, 0.2) is 0 Å². The van der Waals surface area contributed by atoms with Gasteiger partial charge in [-0.1, -0.05) is 0 Å². The van der Waals surface area contributed by atoms with Gasteiger partial charge in [0.2, 0.25) is 0 Å². The van der Waals surface area contributed by atoms with Gasteiger partial charge in [0, 0.05) is 12.1 Å². The van der Waals surface area contributed by atoms with Crippen LogP contribution in [0.25, 0.3) is 0 Å². The Labute approximate surface area is 97.0 Å². The summed E-state index contributed by atoms with van der Waals surface area (Å²) in [5, 5.41) is 12.8. The Morgan fingerprint density at radius 1 is 1.50 bits per heavy atom. The lowest BCUT2D eigenvalue weighted by Crippen LogP contribution is -2.61. The number of hydrogen-bond acceptors (Lipinski definition) is 3. The number of hydrogen-bond donors (Lipinski definition) is 2. The molecule has 2 aliphatic rings. The number of carbonyl (C=O) groups is 1. The molecule has 16 heavy (non-hydrogen) atoms. The van der Waals surface area contributed by atoms with Gasteiger partial charge >= 0.3 is 5.97 Å². The van der Waals surface area contributed by atoms with E-state index < -0.39 is 11.5 Å². The van der Waals surface area contributed by atoms with Gasteiger partial charge < -0.3 is 10.4 Å². The van der Waals surface area contributed by atoms with E-state index in [2.05, 4.69) is 24.1 Å². The van der Waals surface area contributed by atoms with Gasteiger partial charge in [-0.2, -0.15) is 0 Å². The van der Waals surface area contributed by atoms with Crippen molar-refractivity contribution in [2.75, 3.05) is 13.1 Å². The maximum atomic E-state index is 11.6. The number of carboxylic acids is 1. The lowest BCUT2D eigenvalue weighted by molar-refractivity contribution is -0.147. The Balaban J connectivity index is 2.23. The molecule has 2 fully saturated rings. The normalized spacial score (nSPS) is 36.1. The van der Waals surface area contributed by atoms with E-state index in [0.29, 0.717) is 6.04 Å². The maximum Gasteiger partial charge on any atom is 0.325 e. The topological polar surface area (TPSA) is 52.6 Å². The summed E-state index contributed by atoms with van der Waals surface area (Å²) in [7, 11) is 0. The van der Waals surface area contributed by atoms with Crippen LogP contribution in [0.4, 0.5) is 0 Å². The number of nitrogens with zero attached hydrogens (tertiary/aromatic N) is 1. The van der Waals surface area contributed by atoms with Crippen LogP contribution < -0.4 is 5.32 Å². The van der Waals surface area contributed by atoms with Crippen molar-refractivity contribution in [3.05, 3.63) is 0 Å². The Morgan fingerprint density at radius 3 is 2.75 bits per heavy atom. The van der Waals surface area contributed by atoms with Gasteiger partial charge in [0.05, 0.1) is 0 Å². The first-order valence-electron chi connectivity index (χ1n) is 6.32. The minimum atomic E-state index is -0.680. The molecule has 0 bridgehead atoms. The van der Waals surface area contributed by atoms with Crippen LogP contribution in [0.15, 0.2) is 0 Å². The van der Waals surface area contributed by atoms with Gasteiger partial charge in [-0.3, -0.25) is 9.69 Å². The highest BCUT2D eigenvalue weighted by atomic mass is 16.4. The first-order chi connectivity index (χ1) is 7.58. The lowest BCUT2D eigenvalue weighted by Gasteiger charge is -2.39. The van der Waals surface area contributed by atoms with Crippen molar-refractivity contribution >= 4 is 5.97 Å². The fourth-order valence-corrected chi connectivity index (χ4v) is 3.31. The molecule has 0 radical (unpaired) electrons. The summed E-state index contributed by atoms with van der Waals surface area (Å²) in [5.74, 6) is -0.664. The summed E-state index contributed by atoms with van der Waals surface area (Å²) in [5.41, 5.74) is -0.680. The number of likely N-dealkylation sites (tertiary alicyclic amines) is 1. The summed E-state index contributed by atoms with van der Waals surface area (Å²) in [6.07, 6.45) is 3.89. The number of carboxylic acid groups (broad SMARTS) is 1. The molecule has 0 amide bonds. The molecule has 0 saturated carbocycles. The van der Waals surface area contributed by atoms with Gasteiger partial charge in [0.1, 0.15) is 5.54 Å². The molecule has 2 aliphatic heterocycles. The standard InChI is InChI=1S/C12H22N2O2/c1-9(2)14-8-3-5-10(14)12(11(15)16)6-4-7-13-12/h9-10,13H,3-8H2,1-2H3,(H,15,16). The predicted octanol–water partition coefficient (Wildman–Crippen LogP) is 1.07. The number of rotatable bonds is 3. The number of aliphatic carboxylic acids is 1. The molecular formula is C12H22N2O2. The Hall–Kier alpha value is -0.610. The van der Waals surface area contributed by atoms with Gasteiger partial charge in [-0.05, 0) is 52.6 Å². The average Bonchev–Trinajstić information content (AvgIpc) is 2.87. The van der Waals surface area contributed by atoms with E-state index in [0.717, 1.165) is 38.8 Å². The SMILES string of the molecule is CC(C)N1CCCC1C1(C(=O)O)CCCN1. The average molecular weight is 226 g/mol. The first kappa shape index (κ1) is 11.9. The smallest absolute Gasteiger partial charge is 0.325 e. The second kappa shape index (κ2) is 4.34. The van der Waals surface area contributed by atoms with Crippen LogP contribution in [0.1, 0.15) is 39.5 Å². The third-order valence-corrected chi connectivity index (χ3v) is 4.10. The van der Waals surface area contributed by atoms with E-state index in [1.54, 1.807) is 0 Å².